The Kier molecular flexibility index (Phi) is 9.01. The highest BCUT2D eigenvalue weighted by Gasteiger charge is 2.52. The topological polar surface area (TPSA) is 132 Å². The molecule has 244 valence electrons. The summed E-state index contributed by atoms with van der Waals surface area (Å²) in [6.07, 6.45) is -0.173. The van der Waals surface area contributed by atoms with Crippen LogP contribution >= 0.6 is 0 Å². The number of methoxy groups -OCH3 is 1. The first-order valence-corrected chi connectivity index (χ1v) is 15.5. The fraction of sp³-hybridized carbons (Fsp3) is 0.625. The van der Waals surface area contributed by atoms with Gasteiger partial charge in [-0.15, -0.1) is 0 Å². The van der Waals surface area contributed by atoms with Gasteiger partial charge in [-0.3, -0.25) is 9.59 Å². The maximum Gasteiger partial charge on any atom is 0.408 e. The molecule has 1 aromatic carbocycles. The first kappa shape index (κ1) is 32.5. The van der Waals surface area contributed by atoms with E-state index in [-0.39, 0.29) is 36.4 Å². The highest BCUT2D eigenvalue weighted by Crippen LogP contribution is 2.43. The Balaban J connectivity index is 1.61. The van der Waals surface area contributed by atoms with E-state index in [0.717, 1.165) is 0 Å². The van der Waals surface area contributed by atoms with Crippen molar-refractivity contribution in [1.82, 2.24) is 20.2 Å². The van der Waals surface area contributed by atoms with Gasteiger partial charge in [-0.2, -0.15) is 8.78 Å². The number of carbonyl (C=O) groups excluding carboxylic acids is 3. The van der Waals surface area contributed by atoms with Gasteiger partial charge in [-0.05, 0) is 55.9 Å². The third kappa shape index (κ3) is 6.72. The molecule has 3 heterocycles. The highest BCUT2D eigenvalue weighted by atomic mass is 19.3. The lowest BCUT2D eigenvalue weighted by molar-refractivity contribution is -0.141. The molecule has 6 atom stereocenters. The zero-order chi connectivity index (χ0) is 32.7. The summed E-state index contributed by atoms with van der Waals surface area (Å²) in [6.45, 7) is 10.4. The molecule has 2 fully saturated rings. The number of aliphatic imine (C=N–C) groups is 1. The van der Waals surface area contributed by atoms with Gasteiger partial charge >= 0.3 is 6.09 Å². The Morgan fingerprint density at radius 2 is 1.93 bits per heavy atom. The minimum Gasteiger partial charge on any atom is -0.497 e. The van der Waals surface area contributed by atoms with E-state index in [1.165, 1.54) is 12.0 Å². The molecule has 0 spiro atoms. The lowest BCUT2D eigenvalue weighted by Crippen LogP contribution is -2.57. The molecule has 2 aliphatic heterocycles. The molecular weight excluding hydrogens is 588 g/mol. The van der Waals surface area contributed by atoms with Crippen molar-refractivity contribution in [2.24, 2.45) is 22.2 Å². The van der Waals surface area contributed by atoms with E-state index in [9.17, 15) is 14.4 Å². The Morgan fingerprint density at radius 1 is 1.18 bits per heavy atom. The van der Waals surface area contributed by atoms with Gasteiger partial charge in [0.05, 0.1) is 24.7 Å². The number of halogens is 2. The van der Waals surface area contributed by atoms with Gasteiger partial charge in [-0.25, -0.2) is 19.8 Å². The standard InChI is InChI=1S/C32H41F2N5O6/c1-7-19-23-16-39(24(19)27(40)35-5)29(41)26(31(2,3)4)38-30(42)45-22-14-17(22)10-8-9-13-32(33,34)25-28(44-23)37-21-15-18(43-6)11-12-20(21)36-25/h11-12,15,17,19,22-24,26H,5,7-10,13-14,16H2,1-4,6H3,(H,38,42). The van der Waals surface area contributed by atoms with Crippen LogP contribution in [0.2, 0.25) is 0 Å². The second-order valence-corrected chi connectivity index (χ2v) is 13.2. The van der Waals surface area contributed by atoms with Gasteiger partial charge in [0.1, 0.15) is 30.0 Å². The van der Waals surface area contributed by atoms with Crippen molar-refractivity contribution in [2.45, 2.75) is 96.4 Å². The maximum absolute atomic E-state index is 16.0. The summed E-state index contributed by atoms with van der Waals surface area (Å²) in [6, 6.07) is 2.60. The van der Waals surface area contributed by atoms with E-state index < -0.39 is 65.5 Å². The molecule has 6 unspecified atom stereocenters. The summed E-state index contributed by atoms with van der Waals surface area (Å²) in [5.41, 5.74) is -0.826. The second-order valence-electron chi connectivity index (χ2n) is 13.2. The van der Waals surface area contributed by atoms with Crippen molar-refractivity contribution in [3.05, 3.63) is 23.9 Å². The number of nitrogens with zero attached hydrogens (tertiary/aromatic N) is 4. The molecule has 1 saturated heterocycles. The number of hydrogen-bond donors (Lipinski definition) is 1. The van der Waals surface area contributed by atoms with Crippen molar-refractivity contribution in [3.63, 3.8) is 0 Å². The van der Waals surface area contributed by atoms with Crippen LogP contribution in [-0.2, 0) is 20.2 Å². The van der Waals surface area contributed by atoms with Crippen LogP contribution in [0.5, 0.6) is 11.6 Å². The number of benzene rings is 1. The van der Waals surface area contributed by atoms with E-state index in [1.54, 1.807) is 39.0 Å². The van der Waals surface area contributed by atoms with Gasteiger partial charge in [0.15, 0.2) is 5.69 Å². The number of aromatic nitrogens is 2. The minimum absolute atomic E-state index is 0.0618. The number of alkyl carbamates (subject to hydrolysis) is 1. The van der Waals surface area contributed by atoms with Crippen LogP contribution in [0.25, 0.3) is 11.0 Å². The number of nitrogens with one attached hydrogen (secondary N) is 1. The average molecular weight is 630 g/mol. The Morgan fingerprint density at radius 3 is 2.60 bits per heavy atom. The first-order chi connectivity index (χ1) is 21.3. The number of fused-ring (bicyclic) bond motifs is 5. The molecule has 11 nitrogen and oxygen atoms in total. The summed E-state index contributed by atoms with van der Waals surface area (Å²) in [7, 11) is 1.48. The van der Waals surface area contributed by atoms with E-state index >= 15 is 8.78 Å². The normalized spacial score (nSPS) is 28.8. The summed E-state index contributed by atoms with van der Waals surface area (Å²) in [5, 5.41) is 2.73. The monoisotopic (exact) mass is 629 g/mol. The van der Waals surface area contributed by atoms with Crippen molar-refractivity contribution < 1.29 is 37.4 Å². The van der Waals surface area contributed by atoms with Crippen molar-refractivity contribution >= 4 is 35.7 Å². The number of ether oxygens (including phenoxy) is 3. The fourth-order valence-corrected chi connectivity index (χ4v) is 6.38. The molecule has 45 heavy (non-hydrogen) atoms. The maximum atomic E-state index is 16.0. The highest BCUT2D eigenvalue weighted by molar-refractivity contribution is 5.94. The number of alkyl halides is 2. The number of amides is 3. The van der Waals surface area contributed by atoms with Crippen LogP contribution < -0.4 is 14.8 Å². The molecule has 5 rings (SSSR count). The third-order valence-electron chi connectivity index (χ3n) is 9.01. The molecule has 1 aromatic heterocycles. The van der Waals surface area contributed by atoms with Crippen LogP contribution in [0.15, 0.2) is 23.2 Å². The quantitative estimate of drug-likeness (QED) is 0.467. The molecular formula is C32H41F2N5O6. The molecule has 13 heteroatoms. The lowest BCUT2D eigenvalue weighted by atomic mass is 9.85. The summed E-state index contributed by atoms with van der Waals surface area (Å²) in [5.74, 6) is -5.07. The van der Waals surface area contributed by atoms with Crippen molar-refractivity contribution in [2.75, 3.05) is 13.7 Å². The zero-order valence-electron chi connectivity index (χ0n) is 26.3. The summed E-state index contributed by atoms with van der Waals surface area (Å²) in [4.78, 5) is 54.1. The first-order valence-electron chi connectivity index (χ1n) is 15.5. The van der Waals surface area contributed by atoms with Crippen LogP contribution in [0, 0.1) is 17.3 Å². The van der Waals surface area contributed by atoms with Gasteiger partial charge in [0.25, 0.3) is 11.8 Å². The molecule has 2 bridgehead atoms. The lowest BCUT2D eigenvalue weighted by Gasteiger charge is -2.35. The molecule has 3 amide bonds. The molecule has 1 saturated carbocycles. The van der Waals surface area contributed by atoms with Crippen LogP contribution in [0.4, 0.5) is 13.6 Å². The zero-order valence-corrected chi connectivity index (χ0v) is 26.3. The molecule has 0 radical (unpaired) electrons. The summed E-state index contributed by atoms with van der Waals surface area (Å²) < 4.78 is 49.1. The van der Waals surface area contributed by atoms with Gasteiger partial charge in [0.2, 0.25) is 11.8 Å². The SMILES string of the molecule is C=NC(=O)C1C(CC)C2CN1C(=O)C(C(C)(C)C)NC(=O)OC1CC1CCCCC(F)(F)c1nc3ccc(OC)cc3nc1O2. The number of hydrogen-bond acceptors (Lipinski definition) is 8. The molecule has 3 aliphatic rings. The van der Waals surface area contributed by atoms with Gasteiger partial charge in [-0.1, -0.05) is 34.1 Å². The Hall–Kier alpha value is -3.90. The second kappa shape index (κ2) is 12.5. The van der Waals surface area contributed by atoms with Crippen LogP contribution in [-0.4, -0.2) is 77.4 Å². The van der Waals surface area contributed by atoms with Crippen molar-refractivity contribution in [1.29, 1.82) is 0 Å². The van der Waals surface area contributed by atoms with Crippen molar-refractivity contribution in [3.8, 4) is 11.6 Å². The van der Waals surface area contributed by atoms with E-state index in [1.807, 2.05) is 6.92 Å². The smallest absolute Gasteiger partial charge is 0.408 e. The van der Waals surface area contributed by atoms with E-state index in [2.05, 4.69) is 27.0 Å². The van der Waals surface area contributed by atoms with Crippen LogP contribution in [0.3, 0.4) is 0 Å². The molecule has 1 aliphatic carbocycles. The third-order valence-corrected chi connectivity index (χ3v) is 9.01. The predicted molar refractivity (Wildman–Crippen MR) is 161 cm³/mol. The largest absolute Gasteiger partial charge is 0.497 e. The van der Waals surface area contributed by atoms with E-state index in [4.69, 9.17) is 14.2 Å². The van der Waals surface area contributed by atoms with Gasteiger partial charge in [0, 0.05) is 18.4 Å². The van der Waals surface area contributed by atoms with E-state index in [0.29, 0.717) is 36.9 Å². The Labute approximate surface area is 261 Å². The predicted octanol–water partition coefficient (Wildman–Crippen LogP) is 5.05. The fourth-order valence-electron chi connectivity index (χ4n) is 6.38. The average Bonchev–Trinajstić information content (AvgIpc) is 3.62. The van der Waals surface area contributed by atoms with Gasteiger partial charge < -0.3 is 24.4 Å². The molecule has 1 N–H and O–H groups in total. The Bertz CT molecular complexity index is 1480. The van der Waals surface area contributed by atoms with Crippen LogP contribution in [0.1, 0.15) is 71.9 Å². The summed E-state index contributed by atoms with van der Waals surface area (Å²) >= 11 is 0. The molecule has 2 aromatic rings. The minimum atomic E-state index is -3.38. The number of carbonyl (C=O) groups is 3. The number of rotatable bonds is 3.